The van der Waals surface area contributed by atoms with Gasteiger partial charge in [0.1, 0.15) is 0 Å². The van der Waals surface area contributed by atoms with Crippen molar-refractivity contribution in [3.8, 4) is 0 Å². The van der Waals surface area contributed by atoms with Gasteiger partial charge in [-0.3, -0.25) is 0 Å². The minimum absolute atomic E-state index is 0.0953. The third-order valence-corrected chi connectivity index (χ3v) is 4.98. The topological polar surface area (TPSA) is 55.8 Å². The second kappa shape index (κ2) is 6.16. The first kappa shape index (κ1) is 15.2. The lowest BCUT2D eigenvalue weighted by Gasteiger charge is -2.24. The summed E-state index contributed by atoms with van der Waals surface area (Å²) in [5, 5.41) is 12.9. The average Bonchev–Trinajstić information content (AvgIpc) is 3.07. The Morgan fingerprint density at radius 3 is 3.00 bits per heavy atom. The molecule has 2 N–H and O–H groups in total. The predicted octanol–water partition coefficient (Wildman–Crippen LogP) is 2.30. The van der Waals surface area contributed by atoms with E-state index in [9.17, 15) is 9.90 Å². The van der Waals surface area contributed by atoms with E-state index in [1.54, 1.807) is 11.9 Å². The Kier molecular flexibility index (Phi) is 4.25. The molecule has 1 aromatic rings. The largest absolute Gasteiger partial charge is 0.393 e. The summed E-state index contributed by atoms with van der Waals surface area (Å²) in [6.45, 7) is 1.61. The van der Waals surface area contributed by atoms with E-state index in [1.807, 2.05) is 12.1 Å². The number of aliphatic hydroxyl groups is 1. The van der Waals surface area contributed by atoms with E-state index in [4.69, 9.17) is 0 Å². The predicted molar refractivity (Wildman–Crippen MR) is 88.4 cm³/mol. The van der Waals surface area contributed by atoms with Gasteiger partial charge in [-0.25, -0.2) is 4.79 Å². The van der Waals surface area contributed by atoms with Crippen LogP contribution in [-0.2, 0) is 6.42 Å². The number of urea groups is 1. The van der Waals surface area contributed by atoms with Gasteiger partial charge >= 0.3 is 6.03 Å². The average molecular weight is 303 g/mol. The van der Waals surface area contributed by atoms with Crippen molar-refractivity contribution >= 4 is 17.4 Å². The van der Waals surface area contributed by atoms with E-state index in [2.05, 4.69) is 23.3 Å². The van der Waals surface area contributed by atoms with Crippen LogP contribution >= 0.6 is 0 Å². The number of anilines is 2. The van der Waals surface area contributed by atoms with Crippen LogP contribution in [0.15, 0.2) is 18.2 Å². The Balaban J connectivity index is 1.64. The molecule has 22 heavy (non-hydrogen) atoms. The van der Waals surface area contributed by atoms with E-state index in [1.165, 1.54) is 11.3 Å². The highest BCUT2D eigenvalue weighted by Crippen LogP contribution is 2.32. The first-order valence-corrected chi connectivity index (χ1v) is 8.09. The van der Waals surface area contributed by atoms with Gasteiger partial charge in [0.2, 0.25) is 0 Å². The van der Waals surface area contributed by atoms with Gasteiger partial charge < -0.3 is 20.2 Å². The third kappa shape index (κ3) is 2.90. The van der Waals surface area contributed by atoms with E-state index in [0.717, 1.165) is 37.9 Å². The van der Waals surface area contributed by atoms with Crippen molar-refractivity contribution in [2.24, 2.45) is 5.92 Å². The zero-order chi connectivity index (χ0) is 15.7. The highest BCUT2D eigenvalue weighted by Gasteiger charge is 2.28. The lowest BCUT2D eigenvalue weighted by molar-refractivity contribution is 0.116. The van der Waals surface area contributed by atoms with Gasteiger partial charge in [0.15, 0.2) is 0 Å². The second-order valence-electron chi connectivity index (χ2n) is 6.54. The normalized spacial score (nSPS) is 23.5. The highest BCUT2D eigenvalue weighted by molar-refractivity contribution is 5.91. The smallest absolute Gasteiger partial charge is 0.321 e. The maximum absolute atomic E-state index is 12.4. The Morgan fingerprint density at radius 1 is 1.45 bits per heavy atom. The van der Waals surface area contributed by atoms with Crippen LogP contribution in [0.25, 0.3) is 0 Å². The van der Waals surface area contributed by atoms with Crippen LogP contribution in [0.5, 0.6) is 0 Å². The van der Waals surface area contributed by atoms with Crippen LogP contribution < -0.4 is 10.2 Å². The summed E-state index contributed by atoms with van der Waals surface area (Å²) < 4.78 is 0. The molecule has 5 heteroatoms. The van der Waals surface area contributed by atoms with Crippen molar-refractivity contribution in [1.82, 2.24) is 4.90 Å². The monoisotopic (exact) mass is 303 g/mol. The highest BCUT2D eigenvalue weighted by atomic mass is 16.3. The number of amides is 2. The molecule has 2 amide bonds. The van der Waals surface area contributed by atoms with Crippen LogP contribution in [0, 0.1) is 5.92 Å². The zero-order valence-corrected chi connectivity index (χ0v) is 13.4. The SMILES string of the molecule is CN(C[C@@H]1CCC[C@@H]1O)C(=O)Nc1cccc2c1CCN2C. The quantitative estimate of drug-likeness (QED) is 0.901. The molecule has 0 radical (unpaired) electrons. The molecule has 0 saturated heterocycles. The number of nitrogens with one attached hydrogen (secondary N) is 1. The van der Waals surface area contributed by atoms with Crippen molar-refractivity contribution < 1.29 is 9.90 Å². The molecule has 5 nitrogen and oxygen atoms in total. The van der Waals surface area contributed by atoms with Gasteiger partial charge in [-0.2, -0.15) is 0 Å². The molecular formula is C17H25N3O2. The minimum atomic E-state index is -0.259. The first-order chi connectivity index (χ1) is 10.6. The fourth-order valence-electron chi connectivity index (χ4n) is 3.59. The van der Waals surface area contributed by atoms with Crippen molar-refractivity contribution in [2.45, 2.75) is 31.8 Å². The van der Waals surface area contributed by atoms with E-state index in [-0.39, 0.29) is 18.1 Å². The number of fused-ring (bicyclic) bond motifs is 1. The van der Waals surface area contributed by atoms with Gasteiger partial charge in [-0.1, -0.05) is 12.5 Å². The number of aliphatic hydroxyl groups excluding tert-OH is 1. The number of hydrogen-bond acceptors (Lipinski definition) is 3. The molecule has 120 valence electrons. The fourth-order valence-corrected chi connectivity index (χ4v) is 3.59. The molecule has 1 fully saturated rings. The summed E-state index contributed by atoms with van der Waals surface area (Å²) in [5.41, 5.74) is 3.32. The Morgan fingerprint density at radius 2 is 2.27 bits per heavy atom. The lowest BCUT2D eigenvalue weighted by atomic mass is 10.1. The van der Waals surface area contributed by atoms with Crippen LogP contribution in [0.3, 0.4) is 0 Å². The van der Waals surface area contributed by atoms with E-state index < -0.39 is 0 Å². The van der Waals surface area contributed by atoms with Crippen molar-refractivity contribution in [2.75, 3.05) is 37.4 Å². The lowest BCUT2D eigenvalue weighted by Crippen LogP contribution is -2.37. The van der Waals surface area contributed by atoms with E-state index in [0.29, 0.717) is 6.54 Å². The van der Waals surface area contributed by atoms with E-state index >= 15 is 0 Å². The Bertz CT molecular complexity index is 561. The summed E-state index contributed by atoms with van der Waals surface area (Å²) >= 11 is 0. The summed E-state index contributed by atoms with van der Waals surface area (Å²) in [7, 11) is 3.88. The molecule has 1 aliphatic heterocycles. The van der Waals surface area contributed by atoms with Gasteiger partial charge in [0, 0.05) is 50.0 Å². The summed E-state index contributed by atoms with van der Waals surface area (Å²) in [6, 6.07) is 5.95. The molecule has 0 aromatic heterocycles. The number of carbonyl (C=O) groups is 1. The molecular weight excluding hydrogens is 278 g/mol. The molecule has 1 saturated carbocycles. The Hall–Kier alpha value is -1.75. The number of hydrogen-bond donors (Lipinski definition) is 2. The van der Waals surface area contributed by atoms with Crippen LogP contribution in [0.2, 0.25) is 0 Å². The maximum Gasteiger partial charge on any atom is 0.321 e. The number of likely N-dealkylation sites (N-methyl/N-ethyl adjacent to an activating group) is 1. The second-order valence-corrected chi connectivity index (χ2v) is 6.54. The Labute approximate surface area is 131 Å². The minimum Gasteiger partial charge on any atom is -0.393 e. The molecule has 2 aliphatic rings. The van der Waals surface area contributed by atoms with Crippen LogP contribution in [0.4, 0.5) is 16.2 Å². The van der Waals surface area contributed by atoms with Gasteiger partial charge in [0.05, 0.1) is 6.10 Å². The molecule has 3 rings (SSSR count). The molecule has 2 atom stereocenters. The molecule has 1 heterocycles. The number of carbonyl (C=O) groups excluding carboxylic acids is 1. The summed E-state index contributed by atoms with van der Waals surface area (Å²) in [5.74, 6) is 0.211. The van der Waals surface area contributed by atoms with Gasteiger partial charge in [-0.05, 0) is 31.4 Å². The van der Waals surface area contributed by atoms with Gasteiger partial charge in [-0.15, -0.1) is 0 Å². The fraction of sp³-hybridized carbons (Fsp3) is 0.588. The van der Waals surface area contributed by atoms with Crippen molar-refractivity contribution in [1.29, 1.82) is 0 Å². The zero-order valence-electron chi connectivity index (χ0n) is 13.4. The first-order valence-electron chi connectivity index (χ1n) is 8.09. The van der Waals surface area contributed by atoms with Crippen molar-refractivity contribution in [3.63, 3.8) is 0 Å². The number of nitrogens with zero attached hydrogens (tertiary/aromatic N) is 2. The maximum atomic E-state index is 12.4. The molecule has 1 aliphatic carbocycles. The number of benzene rings is 1. The van der Waals surface area contributed by atoms with Crippen LogP contribution in [0.1, 0.15) is 24.8 Å². The third-order valence-electron chi connectivity index (χ3n) is 4.98. The standard InChI is InChI=1S/C17H25N3O2/c1-19-10-9-13-14(6-4-7-15(13)19)18-17(22)20(2)11-12-5-3-8-16(12)21/h4,6-7,12,16,21H,3,5,8-11H2,1-2H3,(H,18,22)/t12-,16-/m0/s1. The summed E-state index contributed by atoms with van der Waals surface area (Å²) in [6.07, 6.45) is 3.63. The molecule has 0 unspecified atom stereocenters. The molecule has 1 aromatic carbocycles. The molecule has 0 bridgehead atoms. The molecule has 0 spiro atoms. The van der Waals surface area contributed by atoms with Crippen molar-refractivity contribution in [3.05, 3.63) is 23.8 Å². The van der Waals surface area contributed by atoms with Gasteiger partial charge in [0.25, 0.3) is 0 Å². The van der Waals surface area contributed by atoms with Crippen LogP contribution in [-0.4, -0.2) is 49.3 Å². The number of rotatable bonds is 3. The summed E-state index contributed by atoms with van der Waals surface area (Å²) in [4.78, 5) is 16.3.